The summed E-state index contributed by atoms with van der Waals surface area (Å²) in [5, 5.41) is 13.2. The third kappa shape index (κ3) is 6.14. The molecule has 3 amide bonds. The number of amides is 3. The van der Waals surface area contributed by atoms with Crippen molar-refractivity contribution in [1.82, 2.24) is 4.90 Å². The number of benzene rings is 3. The van der Waals surface area contributed by atoms with Gasteiger partial charge in [0.1, 0.15) is 5.75 Å². The number of aliphatic hydroxyl groups is 1. The van der Waals surface area contributed by atoms with E-state index in [1.165, 1.54) is 0 Å². The van der Waals surface area contributed by atoms with E-state index in [1.807, 2.05) is 38.2 Å². The molecule has 3 aromatic carbocycles. The molecule has 0 bridgehead atoms. The summed E-state index contributed by atoms with van der Waals surface area (Å²) in [7, 11) is -1.42. The molecule has 12 heteroatoms. The lowest BCUT2D eigenvalue weighted by atomic mass is 9.82. The number of ether oxygens (including phenoxy) is 2. The number of aliphatic hydroxyl groups excluding tert-OH is 1. The van der Waals surface area contributed by atoms with Gasteiger partial charge in [-0.25, -0.2) is 0 Å². The topological polar surface area (TPSA) is 129 Å². The number of anilines is 2. The fourth-order valence-electron chi connectivity index (χ4n) is 7.93. The highest BCUT2D eigenvalue weighted by molar-refractivity contribution is 6.71. The van der Waals surface area contributed by atoms with Crippen LogP contribution in [0.1, 0.15) is 47.7 Å². The van der Waals surface area contributed by atoms with E-state index >= 15 is 0 Å². The molecule has 5 atom stereocenters. The van der Waals surface area contributed by atoms with E-state index < -0.39 is 31.5 Å². The first-order valence-corrected chi connectivity index (χ1v) is 19.7. The zero-order chi connectivity index (χ0) is 34.4. The van der Waals surface area contributed by atoms with Crippen molar-refractivity contribution in [3.05, 3.63) is 88.4 Å². The summed E-state index contributed by atoms with van der Waals surface area (Å²) in [5.41, 5.74) is 1.21. The highest BCUT2D eigenvalue weighted by atomic mass is 35.5. The fourth-order valence-corrected chi connectivity index (χ4v) is 10.7. The Labute approximate surface area is 286 Å². The summed E-state index contributed by atoms with van der Waals surface area (Å²) in [4.78, 5) is 56.3. The second-order valence-electron chi connectivity index (χ2n) is 13.6. The number of nitrogens with zero attached hydrogens (tertiary/aromatic N) is 2. The molecular formula is C36H42ClN3O7Si. The van der Waals surface area contributed by atoms with E-state index in [0.29, 0.717) is 39.8 Å². The molecular weight excluding hydrogens is 650 g/mol. The number of carbonyl (C=O) groups is 3. The van der Waals surface area contributed by atoms with Crippen LogP contribution in [0, 0.1) is 5.92 Å². The second kappa shape index (κ2) is 13.3. The van der Waals surface area contributed by atoms with Crippen LogP contribution in [0.2, 0.25) is 23.7 Å². The van der Waals surface area contributed by atoms with Crippen molar-refractivity contribution in [2.24, 2.45) is 5.92 Å². The van der Waals surface area contributed by atoms with Gasteiger partial charge in [-0.1, -0.05) is 30.7 Å². The minimum Gasteiger partial charge on any atom is -0.497 e. The Morgan fingerprint density at radius 2 is 1.88 bits per heavy atom. The van der Waals surface area contributed by atoms with Crippen molar-refractivity contribution in [3.63, 3.8) is 0 Å². The quantitative estimate of drug-likeness (QED) is 0.259. The lowest BCUT2D eigenvalue weighted by Gasteiger charge is -2.32. The standard InChI is InChI=1S/C36H42ClN3O7Si/c1-22-33(48(3,4)45)31(19-32(42)39-16-6-9-27(39)21-41)47-36(22)29-18-25(37)12-15-30(29)40(35(36)44)20-23-7-5-8-26(17-23)38-34(43)24-10-13-28(46-2)14-11-24/h5,7-8,10-15,17-18,22,27,31,33,41,45H,6,9,16,19-21H2,1-4H3,(H,38,43)/t22-,27+,31+,33-,36+/m1/s1. The van der Waals surface area contributed by atoms with Gasteiger partial charge in [0, 0.05) is 39.8 Å². The monoisotopic (exact) mass is 691 g/mol. The maximum atomic E-state index is 14.8. The molecule has 1 spiro atoms. The molecule has 0 aromatic heterocycles. The summed E-state index contributed by atoms with van der Waals surface area (Å²) in [6.45, 7) is 6.22. The number of methoxy groups -OCH3 is 1. The maximum Gasteiger partial charge on any atom is 0.264 e. The predicted octanol–water partition coefficient (Wildman–Crippen LogP) is 5.32. The molecule has 254 valence electrons. The Balaban J connectivity index is 1.29. The van der Waals surface area contributed by atoms with Crippen LogP contribution in [0.4, 0.5) is 11.4 Å². The van der Waals surface area contributed by atoms with Crippen LogP contribution in [0.5, 0.6) is 5.75 Å². The normalized spacial score (nSPS) is 25.1. The van der Waals surface area contributed by atoms with E-state index in [0.717, 1.165) is 18.4 Å². The molecule has 0 radical (unpaired) electrons. The molecule has 3 heterocycles. The largest absolute Gasteiger partial charge is 0.497 e. The Morgan fingerprint density at radius 3 is 2.56 bits per heavy atom. The number of rotatable bonds is 9. The van der Waals surface area contributed by atoms with Crippen molar-refractivity contribution >= 4 is 49.0 Å². The zero-order valence-corrected chi connectivity index (χ0v) is 29.4. The smallest absolute Gasteiger partial charge is 0.264 e. The summed E-state index contributed by atoms with van der Waals surface area (Å²) >= 11 is 6.53. The van der Waals surface area contributed by atoms with Crippen LogP contribution < -0.4 is 15.0 Å². The van der Waals surface area contributed by atoms with E-state index in [4.69, 9.17) is 21.1 Å². The van der Waals surface area contributed by atoms with E-state index in [-0.39, 0.29) is 43.3 Å². The average molecular weight is 692 g/mol. The van der Waals surface area contributed by atoms with Crippen LogP contribution >= 0.6 is 11.6 Å². The lowest BCUT2D eigenvalue weighted by Crippen LogP contribution is -2.46. The van der Waals surface area contributed by atoms with Crippen molar-refractivity contribution in [1.29, 1.82) is 0 Å². The minimum absolute atomic E-state index is 0.00334. The third-order valence-corrected chi connectivity index (χ3v) is 12.8. The maximum absolute atomic E-state index is 14.8. The molecule has 3 N–H and O–H groups in total. The van der Waals surface area contributed by atoms with Gasteiger partial charge >= 0.3 is 0 Å². The van der Waals surface area contributed by atoms with E-state index in [2.05, 4.69) is 5.32 Å². The van der Waals surface area contributed by atoms with E-state index in [1.54, 1.807) is 65.4 Å². The van der Waals surface area contributed by atoms with Crippen LogP contribution in [0.3, 0.4) is 0 Å². The molecule has 0 unspecified atom stereocenters. The van der Waals surface area contributed by atoms with Gasteiger partial charge in [-0.3, -0.25) is 14.4 Å². The Kier molecular flexibility index (Phi) is 9.45. The van der Waals surface area contributed by atoms with Gasteiger partial charge in [0.05, 0.1) is 44.5 Å². The molecule has 10 nitrogen and oxygen atoms in total. The number of hydrogen-bond donors (Lipinski definition) is 3. The molecule has 2 fully saturated rings. The van der Waals surface area contributed by atoms with Crippen molar-refractivity contribution in [2.75, 3.05) is 30.5 Å². The molecule has 2 saturated heterocycles. The van der Waals surface area contributed by atoms with Gasteiger partial charge in [-0.15, -0.1) is 0 Å². The number of nitrogens with one attached hydrogen (secondary N) is 1. The fraction of sp³-hybridized carbons (Fsp3) is 0.417. The molecule has 6 rings (SSSR count). The van der Waals surface area contributed by atoms with Crippen LogP contribution in [0.15, 0.2) is 66.7 Å². The molecule has 3 aliphatic rings. The third-order valence-electron chi connectivity index (χ3n) is 10.1. The second-order valence-corrected chi connectivity index (χ2v) is 18.0. The molecule has 3 aliphatic heterocycles. The number of halogens is 1. The predicted molar refractivity (Wildman–Crippen MR) is 186 cm³/mol. The van der Waals surface area contributed by atoms with Crippen LogP contribution in [-0.4, -0.2) is 73.2 Å². The highest BCUT2D eigenvalue weighted by Crippen LogP contribution is 2.60. The van der Waals surface area contributed by atoms with Crippen LogP contribution in [-0.2, 0) is 26.5 Å². The minimum atomic E-state index is -2.99. The van der Waals surface area contributed by atoms with Crippen molar-refractivity contribution in [3.8, 4) is 5.75 Å². The van der Waals surface area contributed by atoms with Crippen molar-refractivity contribution in [2.45, 2.75) is 69.1 Å². The van der Waals surface area contributed by atoms with E-state index in [9.17, 15) is 24.3 Å². The highest BCUT2D eigenvalue weighted by Gasteiger charge is 2.66. The molecule has 3 aromatic rings. The number of fused-ring (bicyclic) bond motifs is 2. The SMILES string of the molecule is COc1ccc(C(=O)Nc2cccc(CN3C(=O)[C@@]4(O[C@@H](CC(=O)N5CCC[C@H]5CO)[C@H]([Si](C)(C)O)[C@H]4C)c4cc(Cl)ccc43)c2)cc1. The number of carbonyl (C=O) groups excluding carboxylic acids is 3. The van der Waals surface area contributed by atoms with Gasteiger partial charge in [-0.05, 0) is 86.1 Å². The van der Waals surface area contributed by atoms with Crippen LogP contribution in [0.25, 0.3) is 0 Å². The average Bonchev–Trinajstić information content (AvgIpc) is 3.71. The number of likely N-dealkylation sites (tertiary alicyclic amines) is 1. The van der Waals surface area contributed by atoms with Gasteiger partial charge in [0.2, 0.25) is 5.91 Å². The first-order valence-electron chi connectivity index (χ1n) is 16.3. The zero-order valence-electron chi connectivity index (χ0n) is 27.6. The van der Waals surface area contributed by atoms with Crippen molar-refractivity contribution < 1.29 is 33.8 Å². The van der Waals surface area contributed by atoms with Gasteiger partial charge < -0.3 is 34.5 Å². The Bertz CT molecular complexity index is 1710. The molecule has 0 aliphatic carbocycles. The van der Waals surface area contributed by atoms with Gasteiger partial charge in [-0.2, -0.15) is 0 Å². The molecule has 48 heavy (non-hydrogen) atoms. The Morgan fingerprint density at radius 1 is 1.12 bits per heavy atom. The molecule has 0 saturated carbocycles. The first-order chi connectivity index (χ1) is 22.9. The lowest BCUT2D eigenvalue weighted by molar-refractivity contribution is -0.150. The van der Waals surface area contributed by atoms with Gasteiger partial charge in [0.15, 0.2) is 13.9 Å². The summed E-state index contributed by atoms with van der Waals surface area (Å²) in [5.74, 6) is -0.515. The first kappa shape index (κ1) is 34.1. The Hall–Kier alpha value is -3.74. The summed E-state index contributed by atoms with van der Waals surface area (Å²) in [6, 6.07) is 19.2. The summed E-state index contributed by atoms with van der Waals surface area (Å²) < 4.78 is 12.0. The van der Waals surface area contributed by atoms with Gasteiger partial charge in [0.25, 0.3) is 11.8 Å². The summed E-state index contributed by atoms with van der Waals surface area (Å²) in [6.07, 6.45) is 0.858. The number of hydrogen-bond acceptors (Lipinski definition) is 7.